The molecule has 2 nitrogen and oxygen atoms in total. The van der Waals surface area contributed by atoms with Gasteiger partial charge in [-0.2, -0.15) is 0 Å². The van der Waals surface area contributed by atoms with Crippen molar-refractivity contribution in [3.05, 3.63) is 34.6 Å². The van der Waals surface area contributed by atoms with Gasteiger partial charge in [0.05, 0.1) is 5.41 Å². The van der Waals surface area contributed by atoms with Gasteiger partial charge in [-0.1, -0.05) is 17.7 Å². The van der Waals surface area contributed by atoms with Crippen LogP contribution in [0, 0.1) is 11.2 Å². The van der Waals surface area contributed by atoms with E-state index in [1.54, 1.807) is 6.07 Å². The molecule has 0 aliphatic heterocycles. The number of hydrogen-bond donors (Lipinski definition) is 1. The Morgan fingerprint density at radius 3 is 2.50 bits per heavy atom. The lowest BCUT2D eigenvalue weighted by atomic mass is 9.33. The zero-order valence-corrected chi connectivity index (χ0v) is 9.22. The summed E-state index contributed by atoms with van der Waals surface area (Å²) >= 11 is 5.99. The number of carboxylic acid groups (broad SMARTS) is 1. The number of halogens is 2. The van der Waals surface area contributed by atoms with Gasteiger partial charge in [0.2, 0.25) is 0 Å². The minimum absolute atomic E-state index is 0.0941. The van der Waals surface area contributed by atoms with Gasteiger partial charge in [0.1, 0.15) is 5.82 Å². The second-order valence-electron chi connectivity index (χ2n) is 5.02. The number of carboxylic acids is 1. The quantitative estimate of drug-likeness (QED) is 0.863. The number of benzene rings is 1. The molecule has 0 atom stereocenters. The summed E-state index contributed by atoms with van der Waals surface area (Å²) in [5.41, 5.74) is 0.291. The summed E-state index contributed by atoms with van der Waals surface area (Å²) < 4.78 is 12.9. The van der Waals surface area contributed by atoms with Crippen LogP contribution in [-0.4, -0.2) is 11.1 Å². The monoisotopic (exact) mass is 240 g/mol. The summed E-state index contributed by atoms with van der Waals surface area (Å²) in [6.07, 6.45) is 1.92. The highest BCUT2D eigenvalue weighted by Gasteiger charge is 2.72. The highest BCUT2D eigenvalue weighted by molar-refractivity contribution is 6.31. The molecule has 1 aromatic carbocycles. The lowest BCUT2D eigenvalue weighted by Crippen LogP contribution is -2.68. The first-order valence-corrected chi connectivity index (χ1v) is 5.54. The van der Waals surface area contributed by atoms with Gasteiger partial charge in [0.15, 0.2) is 0 Å². The highest BCUT2D eigenvalue weighted by Crippen LogP contribution is 2.74. The van der Waals surface area contributed by atoms with Crippen LogP contribution < -0.4 is 0 Å². The average molecular weight is 241 g/mol. The number of rotatable bonds is 2. The molecule has 0 heterocycles. The van der Waals surface area contributed by atoms with Gasteiger partial charge in [-0.3, -0.25) is 4.79 Å². The van der Waals surface area contributed by atoms with Crippen LogP contribution in [0.25, 0.3) is 0 Å². The van der Waals surface area contributed by atoms with Crippen molar-refractivity contribution in [2.45, 2.75) is 24.7 Å². The van der Waals surface area contributed by atoms with Crippen molar-refractivity contribution in [3.63, 3.8) is 0 Å². The Balaban J connectivity index is 1.90. The zero-order chi connectivity index (χ0) is 11.6. The summed E-state index contributed by atoms with van der Waals surface area (Å²) in [4.78, 5) is 11.0. The molecule has 0 amide bonds. The molecule has 2 bridgehead atoms. The van der Waals surface area contributed by atoms with E-state index in [1.807, 2.05) is 0 Å². The van der Waals surface area contributed by atoms with E-state index >= 15 is 0 Å². The molecule has 4 heteroatoms. The maximum Gasteiger partial charge on any atom is 0.309 e. The summed E-state index contributed by atoms with van der Waals surface area (Å²) in [5.74, 6) is -1.07. The lowest BCUT2D eigenvalue weighted by molar-refractivity contribution is -0.194. The Labute approximate surface area is 97.0 Å². The van der Waals surface area contributed by atoms with Crippen LogP contribution in [0.3, 0.4) is 0 Å². The minimum Gasteiger partial charge on any atom is -0.481 e. The van der Waals surface area contributed by atoms with E-state index in [4.69, 9.17) is 16.7 Å². The van der Waals surface area contributed by atoms with Crippen LogP contribution in [0.4, 0.5) is 4.39 Å². The maximum atomic E-state index is 12.9. The molecule has 3 aliphatic rings. The van der Waals surface area contributed by atoms with Gasteiger partial charge in [0.25, 0.3) is 0 Å². The van der Waals surface area contributed by atoms with E-state index in [9.17, 15) is 9.18 Å². The van der Waals surface area contributed by atoms with Gasteiger partial charge in [-0.05, 0) is 37.0 Å². The van der Waals surface area contributed by atoms with Crippen LogP contribution in [0.1, 0.15) is 24.8 Å². The number of hydrogen-bond acceptors (Lipinski definition) is 1. The molecule has 3 aliphatic carbocycles. The molecule has 0 radical (unpaired) electrons. The van der Waals surface area contributed by atoms with Gasteiger partial charge < -0.3 is 5.11 Å². The molecule has 16 heavy (non-hydrogen) atoms. The third-order valence-corrected chi connectivity index (χ3v) is 4.30. The van der Waals surface area contributed by atoms with Crippen LogP contribution in [0.5, 0.6) is 0 Å². The second-order valence-corrected chi connectivity index (χ2v) is 5.43. The maximum absolute atomic E-state index is 12.9. The van der Waals surface area contributed by atoms with Crippen molar-refractivity contribution in [3.8, 4) is 0 Å². The predicted molar refractivity (Wildman–Crippen MR) is 57.0 cm³/mol. The van der Waals surface area contributed by atoms with Gasteiger partial charge in [-0.25, -0.2) is 4.39 Å². The van der Waals surface area contributed by atoms with Crippen molar-refractivity contribution in [2.75, 3.05) is 0 Å². The minimum atomic E-state index is -0.715. The summed E-state index contributed by atoms with van der Waals surface area (Å²) in [7, 11) is 0. The molecule has 0 aromatic heterocycles. The van der Waals surface area contributed by atoms with E-state index in [2.05, 4.69) is 0 Å². The summed E-state index contributed by atoms with van der Waals surface area (Å²) in [5, 5.41) is 9.43. The molecule has 3 fully saturated rings. The van der Waals surface area contributed by atoms with Gasteiger partial charge >= 0.3 is 5.97 Å². The largest absolute Gasteiger partial charge is 0.481 e. The van der Waals surface area contributed by atoms with Crippen molar-refractivity contribution < 1.29 is 14.3 Å². The van der Waals surface area contributed by atoms with Crippen LogP contribution in [0.2, 0.25) is 5.02 Å². The first-order valence-electron chi connectivity index (χ1n) is 5.17. The van der Waals surface area contributed by atoms with E-state index in [-0.39, 0.29) is 11.2 Å². The first-order chi connectivity index (χ1) is 7.47. The van der Waals surface area contributed by atoms with Crippen molar-refractivity contribution in [2.24, 2.45) is 5.41 Å². The Bertz CT molecular complexity index is 478. The first kappa shape index (κ1) is 10.1. The molecule has 4 rings (SSSR count). The average Bonchev–Trinajstić information content (AvgIpc) is 2.03. The predicted octanol–water partition coefficient (Wildman–Crippen LogP) is 2.99. The molecule has 0 saturated heterocycles. The normalized spacial score (nSPS) is 35.1. The van der Waals surface area contributed by atoms with Crippen molar-refractivity contribution >= 4 is 17.6 Å². The second kappa shape index (κ2) is 2.77. The fourth-order valence-corrected chi connectivity index (χ4v) is 3.59. The Kier molecular flexibility index (Phi) is 1.75. The fourth-order valence-electron chi connectivity index (χ4n) is 3.22. The summed E-state index contributed by atoms with van der Waals surface area (Å²) in [6, 6.07) is 4.36. The van der Waals surface area contributed by atoms with Crippen molar-refractivity contribution in [1.82, 2.24) is 0 Å². The third kappa shape index (κ3) is 1.04. The van der Waals surface area contributed by atoms with Crippen LogP contribution >= 0.6 is 11.6 Å². The standard InChI is InChI=1S/C12H10ClFO2/c13-9-3-7(14)1-2-8(9)11-4-12(5-11,6-11)10(15)16/h1-3H,4-6H2,(H,15,16). The molecular formula is C12H10ClFO2. The van der Waals surface area contributed by atoms with E-state index in [0.717, 1.165) is 5.56 Å². The van der Waals surface area contributed by atoms with E-state index < -0.39 is 11.4 Å². The van der Waals surface area contributed by atoms with E-state index in [1.165, 1.54) is 12.1 Å². The van der Waals surface area contributed by atoms with Gasteiger partial charge in [-0.15, -0.1) is 0 Å². The molecular weight excluding hydrogens is 231 g/mol. The summed E-state index contributed by atoms with van der Waals surface area (Å²) in [6.45, 7) is 0. The molecule has 0 unspecified atom stereocenters. The SMILES string of the molecule is O=C(O)C12CC(c3ccc(F)cc3Cl)(C1)C2. The zero-order valence-electron chi connectivity index (χ0n) is 8.46. The molecule has 3 saturated carbocycles. The fraction of sp³-hybridized carbons (Fsp3) is 0.417. The van der Waals surface area contributed by atoms with Gasteiger partial charge in [0, 0.05) is 10.4 Å². The molecule has 1 N–H and O–H groups in total. The Morgan fingerprint density at radius 1 is 1.38 bits per heavy atom. The Hall–Kier alpha value is -1.09. The lowest BCUT2D eigenvalue weighted by Gasteiger charge is -2.68. The Morgan fingerprint density at radius 2 is 2.00 bits per heavy atom. The molecule has 0 spiro atoms. The van der Waals surface area contributed by atoms with E-state index in [0.29, 0.717) is 24.3 Å². The number of carbonyl (C=O) groups is 1. The van der Waals surface area contributed by atoms with Crippen LogP contribution in [0.15, 0.2) is 18.2 Å². The van der Waals surface area contributed by atoms with Crippen molar-refractivity contribution in [1.29, 1.82) is 0 Å². The molecule has 84 valence electrons. The van der Waals surface area contributed by atoms with Crippen LogP contribution in [-0.2, 0) is 10.2 Å². The topological polar surface area (TPSA) is 37.3 Å². The highest BCUT2D eigenvalue weighted by atomic mass is 35.5. The molecule has 1 aromatic rings. The smallest absolute Gasteiger partial charge is 0.309 e. The number of aliphatic carboxylic acids is 1. The third-order valence-electron chi connectivity index (χ3n) is 3.99.